The van der Waals surface area contributed by atoms with Crippen LogP contribution in [0.3, 0.4) is 0 Å². The van der Waals surface area contributed by atoms with Crippen molar-refractivity contribution < 1.29 is 4.79 Å². The molecule has 136 valence electrons. The van der Waals surface area contributed by atoms with Gasteiger partial charge in [0.05, 0.1) is 5.25 Å². The van der Waals surface area contributed by atoms with Gasteiger partial charge in [-0.2, -0.15) is 0 Å². The smallest absolute Gasteiger partial charge is 0.233 e. The molecule has 0 aliphatic rings. The van der Waals surface area contributed by atoms with Crippen LogP contribution < -0.4 is 10.6 Å². The third-order valence-corrected chi connectivity index (χ3v) is 6.27. The minimum atomic E-state index is -0.215. The Morgan fingerprint density at radius 2 is 2.04 bits per heavy atom. The SMILES string of the molecule is CCC(C)(C)NC(=O)C(C)Sc1nnc(Nc2cccc(C)c2C)s1. The molecule has 5 nitrogen and oxygen atoms in total. The zero-order valence-corrected chi connectivity index (χ0v) is 17.3. The van der Waals surface area contributed by atoms with Gasteiger partial charge in [0, 0.05) is 11.2 Å². The van der Waals surface area contributed by atoms with Crippen molar-refractivity contribution in [1.29, 1.82) is 0 Å². The van der Waals surface area contributed by atoms with E-state index in [0.29, 0.717) is 0 Å². The molecule has 7 heteroatoms. The molecule has 1 aromatic heterocycles. The number of nitrogens with one attached hydrogen (secondary N) is 2. The Bertz CT molecular complexity index is 742. The van der Waals surface area contributed by atoms with Crippen LogP contribution in [0.4, 0.5) is 10.8 Å². The number of aryl methyl sites for hydroxylation is 1. The molecule has 1 unspecified atom stereocenters. The van der Waals surface area contributed by atoms with E-state index in [9.17, 15) is 4.79 Å². The molecule has 0 saturated carbocycles. The zero-order valence-electron chi connectivity index (χ0n) is 15.6. The molecule has 0 radical (unpaired) electrons. The predicted molar refractivity (Wildman–Crippen MR) is 107 cm³/mol. The Morgan fingerprint density at radius 3 is 2.72 bits per heavy atom. The summed E-state index contributed by atoms with van der Waals surface area (Å²) in [5.41, 5.74) is 3.26. The second-order valence-electron chi connectivity index (χ2n) is 6.73. The van der Waals surface area contributed by atoms with Gasteiger partial charge in [-0.25, -0.2) is 0 Å². The van der Waals surface area contributed by atoms with E-state index in [1.807, 2.05) is 32.9 Å². The Labute approximate surface area is 158 Å². The number of hydrogen-bond donors (Lipinski definition) is 2. The lowest BCUT2D eigenvalue weighted by molar-refractivity contribution is -0.121. The molecule has 1 aromatic carbocycles. The normalized spacial score (nSPS) is 12.7. The quantitative estimate of drug-likeness (QED) is 0.685. The predicted octanol–water partition coefficient (Wildman–Crippen LogP) is 4.68. The highest BCUT2D eigenvalue weighted by atomic mass is 32.2. The number of nitrogens with zero attached hydrogens (tertiary/aromatic N) is 2. The molecule has 0 spiro atoms. The summed E-state index contributed by atoms with van der Waals surface area (Å²) in [7, 11) is 0. The highest BCUT2D eigenvalue weighted by Gasteiger charge is 2.23. The van der Waals surface area contributed by atoms with Crippen LogP contribution in [0.1, 0.15) is 45.2 Å². The molecule has 1 amide bonds. The number of amides is 1. The van der Waals surface area contributed by atoms with E-state index in [4.69, 9.17) is 0 Å². The van der Waals surface area contributed by atoms with Crippen molar-refractivity contribution in [3.05, 3.63) is 29.3 Å². The summed E-state index contributed by atoms with van der Waals surface area (Å²) >= 11 is 2.90. The summed E-state index contributed by atoms with van der Waals surface area (Å²) in [6, 6.07) is 6.13. The van der Waals surface area contributed by atoms with Crippen molar-refractivity contribution in [2.75, 3.05) is 5.32 Å². The Kier molecular flexibility index (Phi) is 6.46. The van der Waals surface area contributed by atoms with Gasteiger partial charge >= 0.3 is 0 Å². The maximum absolute atomic E-state index is 12.3. The summed E-state index contributed by atoms with van der Waals surface area (Å²) in [5.74, 6) is 0.0242. The van der Waals surface area contributed by atoms with Gasteiger partial charge < -0.3 is 10.6 Å². The average Bonchev–Trinajstić information content (AvgIpc) is 2.98. The number of anilines is 2. The standard InChI is InChI=1S/C18H26N4OS2/c1-7-18(5,6)20-15(23)13(4)24-17-22-21-16(25-17)19-14-10-8-9-11(2)12(14)3/h8-10,13H,7H2,1-6H3,(H,19,21)(H,20,23). The molecule has 0 saturated heterocycles. The zero-order chi connectivity index (χ0) is 18.6. The number of benzene rings is 1. The fraction of sp³-hybridized carbons (Fsp3) is 0.500. The number of carbonyl (C=O) groups excluding carboxylic acids is 1. The third-order valence-electron chi connectivity index (χ3n) is 4.24. The minimum absolute atomic E-state index is 0.0242. The molecule has 0 aliphatic carbocycles. The fourth-order valence-electron chi connectivity index (χ4n) is 2.04. The first-order valence-corrected chi connectivity index (χ1v) is 10.1. The number of hydrogen-bond acceptors (Lipinski definition) is 6. The number of carbonyl (C=O) groups is 1. The largest absolute Gasteiger partial charge is 0.350 e. The lowest BCUT2D eigenvalue weighted by Gasteiger charge is -2.26. The van der Waals surface area contributed by atoms with Crippen molar-refractivity contribution >= 4 is 39.8 Å². The van der Waals surface area contributed by atoms with Gasteiger partial charge in [-0.15, -0.1) is 10.2 Å². The van der Waals surface area contributed by atoms with Crippen LogP contribution in [0.2, 0.25) is 0 Å². The Balaban J connectivity index is 1.99. The van der Waals surface area contributed by atoms with E-state index >= 15 is 0 Å². The van der Waals surface area contributed by atoms with Gasteiger partial charge in [0.15, 0.2) is 4.34 Å². The van der Waals surface area contributed by atoms with E-state index in [1.54, 1.807) is 0 Å². The van der Waals surface area contributed by atoms with Crippen LogP contribution in [-0.2, 0) is 4.79 Å². The molecular weight excluding hydrogens is 352 g/mol. The van der Waals surface area contributed by atoms with Crippen LogP contribution in [0.5, 0.6) is 0 Å². The highest BCUT2D eigenvalue weighted by molar-refractivity contribution is 8.02. The molecular formula is C18H26N4OS2. The van der Waals surface area contributed by atoms with Gasteiger partial charge in [-0.05, 0) is 58.2 Å². The van der Waals surface area contributed by atoms with E-state index in [1.165, 1.54) is 34.2 Å². The van der Waals surface area contributed by atoms with Gasteiger partial charge in [0.2, 0.25) is 11.0 Å². The molecule has 0 bridgehead atoms. The van der Waals surface area contributed by atoms with E-state index in [2.05, 4.69) is 47.7 Å². The molecule has 25 heavy (non-hydrogen) atoms. The van der Waals surface area contributed by atoms with Crippen molar-refractivity contribution in [1.82, 2.24) is 15.5 Å². The summed E-state index contributed by atoms with van der Waals surface area (Å²) < 4.78 is 0.782. The summed E-state index contributed by atoms with van der Waals surface area (Å²) in [6.45, 7) is 12.2. The average molecular weight is 379 g/mol. The first-order valence-electron chi connectivity index (χ1n) is 8.37. The van der Waals surface area contributed by atoms with Crippen LogP contribution in [-0.4, -0.2) is 26.9 Å². The monoisotopic (exact) mass is 378 g/mol. The van der Waals surface area contributed by atoms with Gasteiger partial charge in [-0.1, -0.05) is 42.2 Å². The Hall–Kier alpha value is -1.60. The second kappa shape index (κ2) is 8.19. The van der Waals surface area contributed by atoms with E-state index in [-0.39, 0.29) is 16.7 Å². The molecule has 0 fully saturated rings. The lowest BCUT2D eigenvalue weighted by Crippen LogP contribution is -2.46. The van der Waals surface area contributed by atoms with Crippen LogP contribution in [0.25, 0.3) is 0 Å². The maximum atomic E-state index is 12.3. The summed E-state index contributed by atoms with van der Waals surface area (Å²) in [4.78, 5) is 12.3. The molecule has 0 aliphatic heterocycles. The van der Waals surface area contributed by atoms with Gasteiger partial charge in [0.25, 0.3) is 0 Å². The molecule has 1 heterocycles. The number of aromatic nitrogens is 2. The maximum Gasteiger partial charge on any atom is 0.233 e. The number of rotatable bonds is 7. The first kappa shape index (κ1) is 19.7. The second-order valence-corrected chi connectivity index (χ2v) is 9.30. The van der Waals surface area contributed by atoms with Crippen LogP contribution >= 0.6 is 23.1 Å². The van der Waals surface area contributed by atoms with E-state index in [0.717, 1.165) is 21.6 Å². The Morgan fingerprint density at radius 1 is 1.32 bits per heavy atom. The summed E-state index contributed by atoms with van der Waals surface area (Å²) in [5, 5.41) is 15.3. The highest BCUT2D eigenvalue weighted by Crippen LogP contribution is 2.31. The molecule has 2 aromatic rings. The molecule has 1 atom stereocenters. The third kappa shape index (κ3) is 5.44. The van der Waals surface area contributed by atoms with Gasteiger partial charge in [0.1, 0.15) is 0 Å². The van der Waals surface area contributed by atoms with Crippen LogP contribution in [0.15, 0.2) is 22.5 Å². The molecule has 2 N–H and O–H groups in total. The first-order chi connectivity index (χ1) is 11.7. The number of thioether (sulfide) groups is 1. The van der Waals surface area contributed by atoms with Crippen molar-refractivity contribution in [2.45, 2.75) is 63.1 Å². The van der Waals surface area contributed by atoms with Crippen molar-refractivity contribution in [3.63, 3.8) is 0 Å². The van der Waals surface area contributed by atoms with E-state index < -0.39 is 0 Å². The topological polar surface area (TPSA) is 66.9 Å². The summed E-state index contributed by atoms with van der Waals surface area (Å²) in [6.07, 6.45) is 0.888. The van der Waals surface area contributed by atoms with Crippen molar-refractivity contribution in [3.8, 4) is 0 Å². The van der Waals surface area contributed by atoms with Crippen LogP contribution in [0, 0.1) is 13.8 Å². The fourth-order valence-corrected chi connectivity index (χ4v) is 3.95. The minimum Gasteiger partial charge on any atom is -0.350 e. The van der Waals surface area contributed by atoms with Crippen molar-refractivity contribution in [2.24, 2.45) is 0 Å². The lowest BCUT2D eigenvalue weighted by atomic mass is 10.0. The van der Waals surface area contributed by atoms with Gasteiger partial charge in [-0.3, -0.25) is 4.79 Å². The molecule has 2 rings (SSSR count).